The first-order valence-corrected chi connectivity index (χ1v) is 9.07. The van der Waals surface area contributed by atoms with E-state index in [1.807, 2.05) is 12.4 Å². The molecule has 0 radical (unpaired) electrons. The van der Waals surface area contributed by atoms with Gasteiger partial charge in [-0.1, -0.05) is 42.5 Å². The molecule has 0 saturated carbocycles. The fraction of sp³-hybridized carbons (Fsp3) is 0.273. The van der Waals surface area contributed by atoms with Crippen molar-refractivity contribution in [2.45, 2.75) is 32.5 Å². The Labute approximate surface area is 154 Å². The molecule has 1 aliphatic rings. The highest BCUT2D eigenvalue weighted by atomic mass is 16.5. The summed E-state index contributed by atoms with van der Waals surface area (Å²) in [7, 11) is 0. The van der Waals surface area contributed by atoms with Crippen molar-refractivity contribution in [3.05, 3.63) is 83.4 Å². The van der Waals surface area contributed by atoms with Gasteiger partial charge in [-0.15, -0.1) is 0 Å². The van der Waals surface area contributed by atoms with Crippen LogP contribution in [0.3, 0.4) is 0 Å². The molecule has 0 bridgehead atoms. The number of hydrogen-bond acceptors (Lipinski definition) is 4. The zero-order chi connectivity index (χ0) is 17.8. The Bertz CT molecular complexity index is 862. The fourth-order valence-corrected chi connectivity index (χ4v) is 3.33. The lowest BCUT2D eigenvalue weighted by atomic mass is 9.99. The molecule has 2 heterocycles. The lowest BCUT2D eigenvalue weighted by Crippen LogP contribution is -2.18. The molecule has 0 saturated heterocycles. The molecule has 1 aromatic heterocycles. The normalized spacial score (nSPS) is 14.7. The number of hydrogen-bond donors (Lipinski definition) is 1. The average molecular weight is 345 g/mol. The number of aromatic nitrogens is 2. The van der Waals surface area contributed by atoms with Gasteiger partial charge < -0.3 is 10.1 Å². The molecule has 1 atom stereocenters. The van der Waals surface area contributed by atoms with Gasteiger partial charge in [0, 0.05) is 30.5 Å². The average Bonchev–Trinajstić information content (AvgIpc) is 2.72. The number of nitrogens with one attached hydrogen (secondary N) is 1. The Kier molecular flexibility index (Phi) is 5.04. The number of fused-ring (bicyclic) bond motifs is 1. The van der Waals surface area contributed by atoms with Crippen LogP contribution in [0.15, 0.2) is 61.2 Å². The van der Waals surface area contributed by atoms with Gasteiger partial charge in [-0.05, 0) is 41.2 Å². The largest absolute Gasteiger partial charge is 0.376 e. The maximum atomic E-state index is 5.51. The second-order valence-electron chi connectivity index (χ2n) is 6.76. The van der Waals surface area contributed by atoms with Crippen molar-refractivity contribution < 1.29 is 4.74 Å². The number of benzene rings is 2. The molecule has 26 heavy (non-hydrogen) atoms. The molecule has 0 aliphatic carbocycles. The molecule has 4 heteroatoms. The van der Waals surface area contributed by atoms with Gasteiger partial charge in [-0.3, -0.25) is 0 Å². The van der Waals surface area contributed by atoms with E-state index in [9.17, 15) is 0 Å². The fourth-order valence-electron chi connectivity index (χ4n) is 3.33. The highest BCUT2D eigenvalue weighted by Gasteiger charge is 2.11. The summed E-state index contributed by atoms with van der Waals surface area (Å²) in [5.41, 5.74) is 7.54. The Morgan fingerprint density at radius 1 is 1.00 bits per heavy atom. The molecular weight excluding hydrogens is 322 g/mol. The van der Waals surface area contributed by atoms with Gasteiger partial charge in [-0.25, -0.2) is 9.97 Å². The van der Waals surface area contributed by atoms with Crippen molar-refractivity contribution >= 4 is 0 Å². The number of nitrogens with zero attached hydrogens (tertiary/aromatic N) is 2. The summed E-state index contributed by atoms with van der Waals surface area (Å²) in [6.45, 7) is 4.65. The topological polar surface area (TPSA) is 47.0 Å². The van der Waals surface area contributed by atoms with Crippen LogP contribution in [0.2, 0.25) is 0 Å². The SMILES string of the molecule is CC(NCc1ccc2c(c1)CCOC2)c1ccc(-c2cncnc2)cc1. The standard InChI is InChI=1S/C22H23N3O/c1-16(18-4-6-19(7-5-18)22-12-23-15-24-13-22)25-11-17-2-3-21-14-26-9-8-20(21)10-17/h2-7,10,12-13,15-16,25H,8-9,11,14H2,1H3. The summed E-state index contributed by atoms with van der Waals surface area (Å²) in [4.78, 5) is 8.16. The predicted octanol–water partition coefficient (Wildman–Crippen LogP) is 4.07. The molecular formula is C22H23N3O. The molecule has 4 nitrogen and oxygen atoms in total. The summed E-state index contributed by atoms with van der Waals surface area (Å²) >= 11 is 0. The third kappa shape index (κ3) is 3.82. The van der Waals surface area contributed by atoms with Crippen molar-refractivity contribution in [2.75, 3.05) is 6.61 Å². The van der Waals surface area contributed by atoms with Crippen LogP contribution in [0.1, 0.15) is 35.2 Å². The predicted molar refractivity (Wildman–Crippen MR) is 103 cm³/mol. The van der Waals surface area contributed by atoms with Gasteiger partial charge >= 0.3 is 0 Å². The van der Waals surface area contributed by atoms with Crippen molar-refractivity contribution in [3.63, 3.8) is 0 Å². The second kappa shape index (κ2) is 7.77. The minimum atomic E-state index is 0.287. The Morgan fingerprint density at radius 2 is 1.81 bits per heavy atom. The first-order valence-electron chi connectivity index (χ1n) is 9.07. The van der Waals surface area contributed by atoms with Gasteiger partial charge in [-0.2, -0.15) is 0 Å². The first-order chi connectivity index (χ1) is 12.8. The van der Waals surface area contributed by atoms with E-state index in [0.717, 1.165) is 37.3 Å². The molecule has 0 amide bonds. The van der Waals surface area contributed by atoms with Crippen molar-refractivity contribution in [2.24, 2.45) is 0 Å². The second-order valence-corrected chi connectivity index (χ2v) is 6.76. The summed E-state index contributed by atoms with van der Waals surface area (Å²) in [5.74, 6) is 0. The lowest BCUT2D eigenvalue weighted by molar-refractivity contribution is 0.110. The molecule has 132 valence electrons. The molecule has 0 fully saturated rings. The Morgan fingerprint density at radius 3 is 2.62 bits per heavy atom. The van der Waals surface area contributed by atoms with Crippen LogP contribution >= 0.6 is 0 Å². The summed E-state index contributed by atoms with van der Waals surface area (Å²) in [6.07, 6.45) is 6.25. The van der Waals surface area contributed by atoms with E-state index in [1.165, 1.54) is 22.3 Å². The Hall–Kier alpha value is -2.56. The van der Waals surface area contributed by atoms with Gasteiger partial charge in [0.05, 0.1) is 13.2 Å². The van der Waals surface area contributed by atoms with Gasteiger partial charge in [0.15, 0.2) is 0 Å². The maximum Gasteiger partial charge on any atom is 0.115 e. The van der Waals surface area contributed by atoms with Crippen molar-refractivity contribution in [1.29, 1.82) is 0 Å². The van der Waals surface area contributed by atoms with Crippen LogP contribution in [-0.2, 0) is 24.3 Å². The zero-order valence-corrected chi connectivity index (χ0v) is 15.0. The number of ether oxygens (including phenoxy) is 1. The molecule has 1 unspecified atom stereocenters. The third-order valence-electron chi connectivity index (χ3n) is 4.96. The van der Waals surface area contributed by atoms with Crippen molar-refractivity contribution in [3.8, 4) is 11.1 Å². The van der Waals surface area contributed by atoms with E-state index < -0.39 is 0 Å². The molecule has 0 spiro atoms. The van der Waals surface area contributed by atoms with E-state index in [4.69, 9.17) is 4.74 Å². The minimum absolute atomic E-state index is 0.287. The maximum absolute atomic E-state index is 5.51. The Balaban J connectivity index is 1.39. The molecule has 1 N–H and O–H groups in total. The highest BCUT2D eigenvalue weighted by molar-refractivity contribution is 5.61. The van der Waals surface area contributed by atoms with Crippen LogP contribution in [0.5, 0.6) is 0 Å². The molecule has 3 aromatic rings. The first kappa shape index (κ1) is 16.9. The van der Waals surface area contributed by atoms with E-state index in [2.05, 4.69) is 64.7 Å². The van der Waals surface area contributed by atoms with E-state index >= 15 is 0 Å². The van der Waals surface area contributed by atoms with E-state index in [1.54, 1.807) is 6.33 Å². The minimum Gasteiger partial charge on any atom is -0.376 e. The zero-order valence-electron chi connectivity index (χ0n) is 15.0. The monoisotopic (exact) mass is 345 g/mol. The van der Waals surface area contributed by atoms with E-state index in [-0.39, 0.29) is 6.04 Å². The lowest BCUT2D eigenvalue weighted by Gasteiger charge is -2.19. The van der Waals surface area contributed by atoms with Crippen LogP contribution < -0.4 is 5.32 Å². The van der Waals surface area contributed by atoms with Crippen molar-refractivity contribution in [1.82, 2.24) is 15.3 Å². The number of rotatable bonds is 5. The third-order valence-corrected chi connectivity index (χ3v) is 4.96. The van der Waals surface area contributed by atoms with Gasteiger partial charge in [0.2, 0.25) is 0 Å². The molecule has 2 aromatic carbocycles. The summed E-state index contributed by atoms with van der Waals surface area (Å²) in [5, 5.41) is 3.63. The van der Waals surface area contributed by atoms with E-state index in [0.29, 0.717) is 0 Å². The molecule has 4 rings (SSSR count). The van der Waals surface area contributed by atoms with Crippen LogP contribution in [-0.4, -0.2) is 16.6 Å². The van der Waals surface area contributed by atoms with Gasteiger partial charge in [0.25, 0.3) is 0 Å². The smallest absolute Gasteiger partial charge is 0.115 e. The quantitative estimate of drug-likeness (QED) is 0.757. The highest BCUT2D eigenvalue weighted by Crippen LogP contribution is 2.22. The summed E-state index contributed by atoms with van der Waals surface area (Å²) in [6, 6.07) is 15.6. The van der Waals surface area contributed by atoms with Crippen LogP contribution in [0.25, 0.3) is 11.1 Å². The van der Waals surface area contributed by atoms with Crippen LogP contribution in [0, 0.1) is 0 Å². The van der Waals surface area contributed by atoms with Gasteiger partial charge in [0.1, 0.15) is 6.33 Å². The van der Waals surface area contributed by atoms with Crippen LogP contribution in [0.4, 0.5) is 0 Å². The summed E-state index contributed by atoms with van der Waals surface area (Å²) < 4.78 is 5.51. The molecule has 1 aliphatic heterocycles.